The normalized spacial score (nSPS) is 31.7. The number of carbonyl (C=O) groups excluding carboxylic acids is 1. The Labute approximate surface area is 130 Å². The number of aliphatic hydroxyl groups is 1. The van der Waals surface area contributed by atoms with Crippen LogP contribution in [-0.2, 0) is 4.79 Å². The lowest BCUT2D eigenvalue weighted by Crippen LogP contribution is -2.39. The second kappa shape index (κ2) is 6.37. The molecule has 2 fully saturated rings. The topological polar surface area (TPSA) is 49.3 Å². The summed E-state index contributed by atoms with van der Waals surface area (Å²) in [4.78, 5) is 12.3. The predicted molar refractivity (Wildman–Crippen MR) is 83.3 cm³/mol. The number of aliphatic hydroxyl groups excluding tert-OH is 1. The third-order valence-electron chi connectivity index (χ3n) is 4.88. The predicted octanol–water partition coefficient (Wildman–Crippen LogP) is 3.11. The first-order chi connectivity index (χ1) is 10.2. The van der Waals surface area contributed by atoms with Crippen LogP contribution in [0.25, 0.3) is 0 Å². The highest BCUT2D eigenvalue weighted by Gasteiger charge is 2.44. The Morgan fingerprint density at radius 3 is 2.48 bits per heavy atom. The number of amides is 1. The molecule has 0 spiro atoms. The van der Waals surface area contributed by atoms with Crippen LogP contribution in [-0.4, -0.2) is 23.7 Å². The van der Waals surface area contributed by atoms with Gasteiger partial charge >= 0.3 is 0 Å². The summed E-state index contributed by atoms with van der Waals surface area (Å²) in [5.41, 5.74) is 1.21. The van der Waals surface area contributed by atoms with Gasteiger partial charge in [-0.05, 0) is 61.6 Å². The van der Waals surface area contributed by atoms with E-state index in [2.05, 4.69) is 5.32 Å². The molecule has 1 aromatic carbocycles. The monoisotopic (exact) mass is 307 g/mol. The van der Waals surface area contributed by atoms with E-state index in [0.717, 1.165) is 37.1 Å². The zero-order chi connectivity index (χ0) is 14.8. The quantitative estimate of drug-likeness (QED) is 0.898. The molecule has 21 heavy (non-hydrogen) atoms. The van der Waals surface area contributed by atoms with Crippen LogP contribution in [0.5, 0.6) is 0 Å². The molecular weight excluding hydrogens is 286 g/mol. The molecule has 0 aliphatic heterocycles. The summed E-state index contributed by atoms with van der Waals surface area (Å²) in [5, 5.41) is 13.1. The number of hydrogen-bond acceptors (Lipinski definition) is 2. The molecule has 3 rings (SSSR count). The fourth-order valence-corrected chi connectivity index (χ4v) is 3.49. The van der Waals surface area contributed by atoms with Crippen molar-refractivity contribution in [2.24, 2.45) is 11.8 Å². The number of rotatable bonds is 4. The second-order valence-electron chi connectivity index (χ2n) is 6.41. The van der Waals surface area contributed by atoms with Gasteiger partial charge in [-0.2, -0.15) is 0 Å². The van der Waals surface area contributed by atoms with Gasteiger partial charge in [0.25, 0.3) is 0 Å². The molecule has 2 unspecified atom stereocenters. The molecule has 2 N–H and O–H groups in total. The first-order valence-corrected chi connectivity index (χ1v) is 8.22. The van der Waals surface area contributed by atoms with E-state index in [4.69, 9.17) is 16.7 Å². The molecule has 1 aromatic rings. The van der Waals surface area contributed by atoms with E-state index in [-0.39, 0.29) is 18.4 Å². The smallest absolute Gasteiger partial charge is 0.223 e. The molecule has 0 radical (unpaired) electrons. The van der Waals surface area contributed by atoms with E-state index < -0.39 is 0 Å². The van der Waals surface area contributed by atoms with Crippen LogP contribution in [0.4, 0.5) is 0 Å². The largest absolute Gasteiger partial charge is 0.396 e. The fourth-order valence-electron chi connectivity index (χ4n) is 3.36. The highest BCUT2D eigenvalue weighted by atomic mass is 35.5. The summed E-state index contributed by atoms with van der Waals surface area (Å²) in [6.07, 6.45) is 4.98. The summed E-state index contributed by atoms with van der Waals surface area (Å²) in [6, 6.07) is 8.12. The van der Waals surface area contributed by atoms with Crippen LogP contribution in [0.1, 0.15) is 43.6 Å². The van der Waals surface area contributed by atoms with Crippen molar-refractivity contribution >= 4 is 17.5 Å². The standard InChI is InChI=1S/C17H22ClNO2/c18-13-5-3-12(4-6-13)15-9-16(15)17(21)19-14-7-1-11(10-20)2-8-14/h3-6,11,14-16,20H,1-2,7-10H2,(H,19,21). The van der Waals surface area contributed by atoms with Gasteiger partial charge in [-0.3, -0.25) is 4.79 Å². The van der Waals surface area contributed by atoms with Crippen LogP contribution in [0.15, 0.2) is 24.3 Å². The minimum atomic E-state index is 0.127. The van der Waals surface area contributed by atoms with Crippen molar-refractivity contribution in [3.63, 3.8) is 0 Å². The van der Waals surface area contributed by atoms with Gasteiger partial charge in [0.05, 0.1) is 0 Å². The van der Waals surface area contributed by atoms with E-state index in [0.29, 0.717) is 17.9 Å². The summed E-state index contributed by atoms with van der Waals surface area (Å²) in [7, 11) is 0. The van der Waals surface area contributed by atoms with E-state index in [9.17, 15) is 4.79 Å². The Kier molecular flexibility index (Phi) is 4.51. The SMILES string of the molecule is O=C(NC1CCC(CO)CC1)C1CC1c1ccc(Cl)cc1. The molecule has 0 heterocycles. The van der Waals surface area contributed by atoms with Gasteiger partial charge in [0.1, 0.15) is 0 Å². The van der Waals surface area contributed by atoms with Gasteiger partial charge in [-0.1, -0.05) is 23.7 Å². The molecule has 0 bridgehead atoms. The molecule has 2 atom stereocenters. The summed E-state index contributed by atoms with van der Waals surface area (Å²) in [6.45, 7) is 0.280. The van der Waals surface area contributed by atoms with Crippen molar-refractivity contribution in [2.45, 2.75) is 44.1 Å². The summed E-state index contributed by atoms with van der Waals surface area (Å²) in [5.74, 6) is 1.11. The molecule has 114 valence electrons. The van der Waals surface area contributed by atoms with Crippen molar-refractivity contribution in [3.8, 4) is 0 Å². The van der Waals surface area contributed by atoms with Crippen molar-refractivity contribution in [1.82, 2.24) is 5.32 Å². The Morgan fingerprint density at radius 2 is 1.86 bits per heavy atom. The molecule has 2 aliphatic rings. The van der Waals surface area contributed by atoms with E-state index in [1.54, 1.807) is 0 Å². The number of hydrogen-bond donors (Lipinski definition) is 2. The van der Waals surface area contributed by atoms with E-state index in [1.165, 1.54) is 5.56 Å². The average Bonchev–Trinajstić information content (AvgIpc) is 3.29. The lowest BCUT2D eigenvalue weighted by Gasteiger charge is -2.28. The van der Waals surface area contributed by atoms with Gasteiger partial charge in [0.2, 0.25) is 5.91 Å². The first kappa shape index (κ1) is 14.9. The summed E-state index contributed by atoms with van der Waals surface area (Å²) >= 11 is 5.89. The Hall–Kier alpha value is -1.06. The van der Waals surface area contributed by atoms with Crippen LogP contribution >= 0.6 is 11.6 Å². The number of benzene rings is 1. The summed E-state index contributed by atoms with van der Waals surface area (Å²) < 4.78 is 0. The Balaban J connectivity index is 1.48. The van der Waals surface area contributed by atoms with E-state index >= 15 is 0 Å². The molecular formula is C17H22ClNO2. The third-order valence-corrected chi connectivity index (χ3v) is 5.13. The highest BCUT2D eigenvalue weighted by molar-refractivity contribution is 6.30. The Morgan fingerprint density at radius 1 is 1.19 bits per heavy atom. The van der Waals surface area contributed by atoms with Gasteiger partial charge in [0, 0.05) is 23.6 Å². The zero-order valence-electron chi connectivity index (χ0n) is 12.1. The number of carbonyl (C=O) groups is 1. The molecule has 2 saturated carbocycles. The van der Waals surface area contributed by atoms with Crippen LogP contribution in [0.2, 0.25) is 5.02 Å². The fraction of sp³-hybridized carbons (Fsp3) is 0.588. The lowest BCUT2D eigenvalue weighted by molar-refractivity contribution is -0.123. The zero-order valence-corrected chi connectivity index (χ0v) is 12.9. The van der Waals surface area contributed by atoms with Crippen molar-refractivity contribution in [3.05, 3.63) is 34.9 Å². The van der Waals surface area contributed by atoms with Crippen LogP contribution in [0, 0.1) is 11.8 Å². The molecule has 3 nitrogen and oxygen atoms in total. The minimum absolute atomic E-state index is 0.127. The Bertz CT molecular complexity index is 494. The molecule has 1 amide bonds. The molecule has 0 saturated heterocycles. The lowest BCUT2D eigenvalue weighted by atomic mass is 9.86. The van der Waals surface area contributed by atoms with Crippen molar-refractivity contribution < 1.29 is 9.90 Å². The van der Waals surface area contributed by atoms with Gasteiger partial charge < -0.3 is 10.4 Å². The van der Waals surface area contributed by atoms with Crippen LogP contribution < -0.4 is 5.32 Å². The second-order valence-corrected chi connectivity index (χ2v) is 6.85. The molecule has 0 aromatic heterocycles. The third kappa shape index (κ3) is 3.58. The first-order valence-electron chi connectivity index (χ1n) is 7.84. The van der Waals surface area contributed by atoms with Gasteiger partial charge in [-0.15, -0.1) is 0 Å². The maximum atomic E-state index is 12.3. The van der Waals surface area contributed by atoms with E-state index in [1.807, 2.05) is 24.3 Å². The van der Waals surface area contributed by atoms with Crippen molar-refractivity contribution in [2.75, 3.05) is 6.61 Å². The van der Waals surface area contributed by atoms with Gasteiger partial charge in [0.15, 0.2) is 0 Å². The van der Waals surface area contributed by atoms with Crippen LogP contribution in [0.3, 0.4) is 0 Å². The number of nitrogens with one attached hydrogen (secondary N) is 1. The molecule has 4 heteroatoms. The maximum absolute atomic E-state index is 12.3. The number of halogens is 1. The average molecular weight is 308 g/mol. The van der Waals surface area contributed by atoms with Crippen molar-refractivity contribution in [1.29, 1.82) is 0 Å². The molecule has 2 aliphatic carbocycles. The van der Waals surface area contributed by atoms with Gasteiger partial charge in [-0.25, -0.2) is 0 Å². The highest BCUT2D eigenvalue weighted by Crippen LogP contribution is 2.47. The minimum Gasteiger partial charge on any atom is -0.396 e. The maximum Gasteiger partial charge on any atom is 0.223 e.